The first kappa shape index (κ1) is 21.2. The molecule has 2 heterocycles. The van der Waals surface area contributed by atoms with Gasteiger partial charge in [-0.3, -0.25) is 4.99 Å². The molecule has 2 N–H and O–H groups in total. The number of hydrogen-bond donors (Lipinski definition) is 2. The van der Waals surface area contributed by atoms with Crippen LogP contribution in [-0.2, 0) is 19.4 Å². The van der Waals surface area contributed by atoms with Crippen molar-refractivity contribution >= 4 is 29.1 Å². The Morgan fingerprint density at radius 2 is 2.04 bits per heavy atom. The highest BCUT2D eigenvalue weighted by atomic mass is 32.2. The molecule has 0 unspecified atom stereocenters. The fourth-order valence-corrected chi connectivity index (χ4v) is 5.17. The Kier molecular flexibility index (Phi) is 8.21. The number of aliphatic imine (C=N–C) groups is 1. The number of nitrogens with zero attached hydrogens (tertiary/aromatic N) is 4. The third-order valence-corrected chi connectivity index (χ3v) is 7.07. The molecule has 0 radical (unpaired) electrons. The fourth-order valence-electron chi connectivity index (χ4n) is 3.70. The molecule has 6 nitrogen and oxygen atoms in total. The smallest absolute Gasteiger partial charge is 0.191 e. The Balaban J connectivity index is 1.45. The Morgan fingerprint density at radius 1 is 1.25 bits per heavy atom. The normalized spacial score (nSPS) is 15.3. The highest BCUT2D eigenvalue weighted by Crippen LogP contribution is 2.33. The first-order valence-electron chi connectivity index (χ1n) is 10.2. The minimum Gasteiger partial charge on any atom is -0.356 e. The van der Waals surface area contributed by atoms with Gasteiger partial charge >= 0.3 is 0 Å². The molecule has 0 spiro atoms. The van der Waals surface area contributed by atoms with Gasteiger partial charge in [0.2, 0.25) is 0 Å². The van der Waals surface area contributed by atoms with E-state index in [9.17, 15) is 0 Å². The van der Waals surface area contributed by atoms with Crippen molar-refractivity contribution in [3.63, 3.8) is 0 Å². The van der Waals surface area contributed by atoms with Crippen molar-refractivity contribution < 1.29 is 0 Å². The van der Waals surface area contributed by atoms with E-state index in [1.165, 1.54) is 35.4 Å². The number of aryl methyl sites for hydroxylation is 2. The van der Waals surface area contributed by atoms with Gasteiger partial charge in [-0.25, -0.2) is 0 Å². The summed E-state index contributed by atoms with van der Waals surface area (Å²) in [5.74, 6) is 1.99. The van der Waals surface area contributed by atoms with E-state index in [0.717, 1.165) is 49.3 Å². The van der Waals surface area contributed by atoms with Crippen LogP contribution < -0.4 is 10.6 Å². The van der Waals surface area contributed by atoms with Gasteiger partial charge in [-0.15, -0.1) is 21.5 Å². The van der Waals surface area contributed by atoms with Crippen LogP contribution in [0.3, 0.4) is 0 Å². The minimum atomic E-state index is 0.591. The molecule has 3 rings (SSSR count). The maximum atomic E-state index is 4.47. The van der Waals surface area contributed by atoms with Crippen molar-refractivity contribution in [2.24, 2.45) is 4.99 Å². The van der Waals surface area contributed by atoms with Crippen molar-refractivity contribution in [1.82, 2.24) is 25.4 Å². The number of thioether (sulfide) groups is 1. The quantitative estimate of drug-likeness (QED) is 0.277. The molecule has 1 aliphatic carbocycles. The number of nitrogens with one attached hydrogen (secondary N) is 2. The lowest BCUT2D eigenvalue weighted by molar-refractivity contribution is 0.460. The summed E-state index contributed by atoms with van der Waals surface area (Å²) in [7, 11) is 1.82. The third-order valence-electron chi connectivity index (χ3n) is 5.20. The Labute approximate surface area is 176 Å². The summed E-state index contributed by atoms with van der Waals surface area (Å²) in [5, 5.41) is 16.8. The summed E-state index contributed by atoms with van der Waals surface area (Å²) >= 11 is 3.57. The van der Waals surface area contributed by atoms with Crippen LogP contribution >= 0.6 is 23.1 Å². The minimum absolute atomic E-state index is 0.591. The predicted octanol–water partition coefficient (Wildman–Crippen LogP) is 4.04. The summed E-state index contributed by atoms with van der Waals surface area (Å²) < 4.78 is 2.40. The van der Waals surface area contributed by atoms with Gasteiger partial charge in [-0.1, -0.05) is 31.5 Å². The second-order valence-electron chi connectivity index (χ2n) is 7.09. The number of thiophene rings is 1. The molecule has 0 aromatic carbocycles. The van der Waals surface area contributed by atoms with Crippen LogP contribution in [0.2, 0.25) is 0 Å². The molecule has 1 saturated carbocycles. The zero-order valence-electron chi connectivity index (χ0n) is 17.2. The van der Waals surface area contributed by atoms with Gasteiger partial charge in [0, 0.05) is 35.8 Å². The van der Waals surface area contributed by atoms with E-state index in [2.05, 4.69) is 55.7 Å². The molecule has 0 saturated heterocycles. The summed E-state index contributed by atoms with van der Waals surface area (Å²) in [6.07, 6.45) is 10.3. The largest absolute Gasteiger partial charge is 0.356 e. The van der Waals surface area contributed by atoms with E-state index >= 15 is 0 Å². The van der Waals surface area contributed by atoms with Crippen LogP contribution in [0, 0.1) is 0 Å². The van der Waals surface area contributed by atoms with Gasteiger partial charge in [0.25, 0.3) is 0 Å². The van der Waals surface area contributed by atoms with E-state index in [4.69, 9.17) is 0 Å². The first-order chi connectivity index (χ1) is 13.7. The second kappa shape index (κ2) is 10.9. The van der Waals surface area contributed by atoms with E-state index in [1.54, 1.807) is 11.8 Å². The van der Waals surface area contributed by atoms with E-state index in [1.807, 2.05) is 18.4 Å². The average Bonchev–Trinajstić information content (AvgIpc) is 3.47. The highest BCUT2D eigenvalue weighted by Gasteiger charge is 2.23. The van der Waals surface area contributed by atoms with Gasteiger partial charge in [0.1, 0.15) is 5.82 Å². The molecule has 1 aliphatic rings. The van der Waals surface area contributed by atoms with E-state index in [0.29, 0.717) is 6.04 Å². The molecule has 28 heavy (non-hydrogen) atoms. The number of hydrogen-bond acceptors (Lipinski definition) is 5. The third kappa shape index (κ3) is 5.50. The molecule has 2 aromatic rings. The lowest BCUT2D eigenvalue weighted by atomic mass is 10.2. The Bertz CT molecular complexity index is 761. The van der Waals surface area contributed by atoms with Gasteiger partial charge < -0.3 is 15.2 Å². The molecule has 0 aliphatic heterocycles. The monoisotopic (exact) mass is 420 g/mol. The highest BCUT2D eigenvalue weighted by molar-refractivity contribution is 7.98. The van der Waals surface area contributed by atoms with Crippen LogP contribution in [-0.4, -0.2) is 40.6 Å². The zero-order valence-corrected chi connectivity index (χ0v) is 18.8. The van der Waals surface area contributed by atoms with Gasteiger partial charge in [0.15, 0.2) is 11.1 Å². The van der Waals surface area contributed by atoms with Crippen molar-refractivity contribution in [1.29, 1.82) is 0 Å². The molecule has 0 amide bonds. The lowest BCUT2D eigenvalue weighted by Crippen LogP contribution is -2.37. The summed E-state index contributed by atoms with van der Waals surface area (Å²) in [4.78, 5) is 7.10. The number of aromatic nitrogens is 3. The fraction of sp³-hybridized carbons (Fsp3) is 0.650. The van der Waals surface area contributed by atoms with Crippen molar-refractivity contribution in [2.45, 2.75) is 69.6 Å². The number of rotatable bonds is 9. The zero-order chi connectivity index (χ0) is 19.8. The average molecular weight is 421 g/mol. The van der Waals surface area contributed by atoms with E-state index < -0.39 is 0 Å². The first-order valence-corrected chi connectivity index (χ1v) is 12.3. The standard InChI is InChI=1S/C20H32N6S2/c1-4-16-11-12-17(28-16)14-23-19(21-2)22-13-7-10-18-24-25-20(27-3)26(18)15-8-5-6-9-15/h11-12,15H,4-10,13-14H2,1-3H3,(H2,21,22,23). The SMILES string of the molecule is CCc1ccc(CNC(=NC)NCCCc2nnc(SC)n2C2CCCC2)s1. The maximum absolute atomic E-state index is 4.47. The molecular formula is C20H32N6S2. The van der Waals surface area contributed by atoms with Crippen LogP contribution in [0.15, 0.2) is 22.3 Å². The molecular weight excluding hydrogens is 388 g/mol. The molecule has 154 valence electrons. The van der Waals surface area contributed by atoms with E-state index in [-0.39, 0.29) is 0 Å². The van der Waals surface area contributed by atoms with Crippen LogP contribution in [0.25, 0.3) is 0 Å². The van der Waals surface area contributed by atoms with Gasteiger partial charge in [0.05, 0.1) is 6.54 Å². The number of guanidine groups is 1. The topological polar surface area (TPSA) is 67.1 Å². The van der Waals surface area contributed by atoms with Crippen LogP contribution in [0.1, 0.15) is 60.6 Å². The molecule has 1 fully saturated rings. The second-order valence-corrected chi connectivity index (χ2v) is 9.12. The predicted molar refractivity (Wildman–Crippen MR) is 120 cm³/mol. The summed E-state index contributed by atoms with van der Waals surface area (Å²) in [6.45, 7) is 3.88. The Hall–Kier alpha value is -1.54. The van der Waals surface area contributed by atoms with Gasteiger partial charge in [-0.05, 0) is 44.1 Å². The van der Waals surface area contributed by atoms with Crippen molar-refractivity contribution in [3.05, 3.63) is 27.7 Å². The summed E-state index contributed by atoms with van der Waals surface area (Å²) in [5.41, 5.74) is 0. The molecule has 0 atom stereocenters. The van der Waals surface area contributed by atoms with Crippen molar-refractivity contribution in [2.75, 3.05) is 19.8 Å². The van der Waals surface area contributed by atoms with Crippen molar-refractivity contribution in [3.8, 4) is 0 Å². The van der Waals surface area contributed by atoms with Gasteiger partial charge in [-0.2, -0.15) is 0 Å². The maximum Gasteiger partial charge on any atom is 0.191 e. The lowest BCUT2D eigenvalue weighted by Gasteiger charge is -2.16. The summed E-state index contributed by atoms with van der Waals surface area (Å²) in [6, 6.07) is 5.00. The molecule has 0 bridgehead atoms. The molecule has 8 heteroatoms. The molecule has 2 aromatic heterocycles. The van der Waals surface area contributed by atoms with Crippen LogP contribution in [0.4, 0.5) is 0 Å². The Morgan fingerprint density at radius 3 is 2.71 bits per heavy atom. The van der Waals surface area contributed by atoms with Crippen LogP contribution in [0.5, 0.6) is 0 Å².